The third-order valence-corrected chi connectivity index (χ3v) is 4.64. The van der Waals surface area contributed by atoms with Gasteiger partial charge in [-0.3, -0.25) is 14.6 Å². The summed E-state index contributed by atoms with van der Waals surface area (Å²) in [7, 11) is 0. The van der Waals surface area contributed by atoms with Crippen molar-refractivity contribution < 1.29 is 14.1 Å². The first kappa shape index (κ1) is 18.1. The number of carbonyl (C=O) groups is 2. The minimum atomic E-state index is -0.131. The molecular weight excluding hydrogens is 332 g/mol. The van der Waals surface area contributed by atoms with Crippen LogP contribution in [0.5, 0.6) is 0 Å². The van der Waals surface area contributed by atoms with Gasteiger partial charge in [-0.05, 0) is 25.0 Å². The van der Waals surface area contributed by atoms with Crippen LogP contribution in [0.1, 0.15) is 54.5 Å². The number of nitrogens with zero attached hydrogens (tertiary/aromatic N) is 3. The highest BCUT2D eigenvalue weighted by molar-refractivity contribution is 5.92. The molecule has 0 unspecified atom stereocenters. The Hall–Kier alpha value is -2.70. The van der Waals surface area contributed by atoms with Gasteiger partial charge >= 0.3 is 0 Å². The highest BCUT2D eigenvalue weighted by Crippen LogP contribution is 2.21. The Kier molecular flexibility index (Phi) is 5.65. The number of likely N-dealkylation sites (tertiary alicyclic amines) is 1. The van der Waals surface area contributed by atoms with Gasteiger partial charge in [0.2, 0.25) is 5.91 Å². The van der Waals surface area contributed by atoms with Crippen molar-refractivity contribution in [2.45, 2.75) is 39.2 Å². The molecule has 1 aliphatic heterocycles. The average molecular weight is 356 g/mol. The van der Waals surface area contributed by atoms with Crippen molar-refractivity contribution in [3.63, 3.8) is 0 Å². The van der Waals surface area contributed by atoms with Crippen molar-refractivity contribution in [3.8, 4) is 0 Å². The molecule has 7 heteroatoms. The molecule has 2 aromatic rings. The molecule has 0 saturated carbocycles. The highest BCUT2D eigenvalue weighted by atomic mass is 16.5. The number of pyridine rings is 1. The van der Waals surface area contributed by atoms with Gasteiger partial charge in [0.15, 0.2) is 5.69 Å². The molecule has 3 heterocycles. The molecule has 26 heavy (non-hydrogen) atoms. The molecule has 1 saturated heterocycles. The van der Waals surface area contributed by atoms with E-state index in [-0.39, 0.29) is 23.7 Å². The van der Waals surface area contributed by atoms with E-state index in [9.17, 15) is 9.59 Å². The molecule has 0 aromatic carbocycles. The lowest BCUT2D eigenvalue weighted by atomic mass is 9.95. The summed E-state index contributed by atoms with van der Waals surface area (Å²) in [5.74, 6) is 0.709. The van der Waals surface area contributed by atoms with E-state index >= 15 is 0 Å². The van der Waals surface area contributed by atoms with Crippen LogP contribution in [0.25, 0.3) is 0 Å². The lowest BCUT2D eigenvalue weighted by Gasteiger charge is -2.30. The molecule has 0 radical (unpaired) electrons. The summed E-state index contributed by atoms with van der Waals surface area (Å²) < 4.78 is 5.20. The lowest BCUT2D eigenvalue weighted by molar-refractivity contribution is -0.126. The quantitative estimate of drug-likeness (QED) is 0.888. The van der Waals surface area contributed by atoms with Crippen molar-refractivity contribution in [2.24, 2.45) is 5.92 Å². The molecule has 1 fully saturated rings. The van der Waals surface area contributed by atoms with Crippen molar-refractivity contribution >= 4 is 11.8 Å². The molecule has 1 aliphatic rings. The predicted molar refractivity (Wildman–Crippen MR) is 95.3 cm³/mol. The Morgan fingerprint density at radius 3 is 2.69 bits per heavy atom. The van der Waals surface area contributed by atoms with Crippen LogP contribution in [0.4, 0.5) is 0 Å². The van der Waals surface area contributed by atoms with Crippen LogP contribution in [-0.2, 0) is 11.3 Å². The summed E-state index contributed by atoms with van der Waals surface area (Å²) in [6, 6.07) is 7.33. The van der Waals surface area contributed by atoms with Crippen LogP contribution in [0.3, 0.4) is 0 Å². The summed E-state index contributed by atoms with van der Waals surface area (Å²) in [6.45, 7) is 5.50. The molecular formula is C19H24N4O3. The number of amides is 2. The predicted octanol–water partition coefficient (Wildman–Crippen LogP) is 2.36. The number of aromatic nitrogens is 2. The third-order valence-electron chi connectivity index (χ3n) is 4.64. The Balaban J connectivity index is 1.48. The van der Waals surface area contributed by atoms with Crippen molar-refractivity contribution in [2.75, 3.05) is 13.1 Å². The van der Waals surface area contributed by atoms with Crippen LogP contribution in [0, 0.1) is 5.92 Å². The average Bonchev–Trinajstić information content (AvgIpc) is 3.17. The molecule has 0 bridgehead atoms. The first-order valence-corrected chi connectivity index (χ1v) is 8.98. The second-order valence-corrected chi connectivity index (χ2v) is 6.87. The second kappa shape index (κ2) is 8.12. The van der Waals surface area contributed by atoms with Gasteiger partial charge in [0.1, 0.15) is 5.76 Å². The fourth-order valence-electron chi connectivity index (χ4n) is 2.99. The van der Waals surface area contributed by atoms with Crippen LogP contribution in [0.15, 0.2) is 35.0 Å². The molecule has 3 rings (SSSR count). The molecule has 1 N–H and O–H groups in total. The molecule has 2 aromatic heterocycles. The molecule has 0 spiro atoms. The van der Waals surface area contributed by atoms with E-state index in [2.05, 4.69) is 15.5 Å². The minimum absolute atomic E-state index is 0.0197. The molecule has 7 nitrogen and oxygen atoms in total. The maximum Gasteiger partial charge on any atom is 0.276 e. The fraction of sp³-hybridized carbons (Fsp3) is 0.474. The monoisotopic (exact) mass is 356 g/mol. The Bertz CT molecular complexity index is 749. The number of rotatable bonds is 5. The van der Waals surface area contributed by atoms with E-state index in [1.165, 1.54) is 0 Å². The standard InChI is InChI=1S/C19H24N4O3/c1-13(2)17-11-16(22-26-17)19(25)23-9-6-14(7-10-23)18(24)21-12-15-5-3-4-8-20-15/h3-5,8,11,13-14H,6-7,9-10,12H2,1-2H3,(H,21,24). The SMILES string of the molecule is CC(C)c1cc(C(=O)N2CCC(C(=O)NCc3ccccn3)CC2)no1. The van der Waals surface area contributed by atoms with E-state index in [4.69, 9.17) is 4.52 Å². The van der Waals surface area contributed by atoms with Gasteiger partial charge in [-0.25, -0.2) is 0 Å². The summed E-state index contributed by atoms with van der Waals surface area (Å²) in [5, 5.41) is 6.81. The first-order valence-electron chi connectivity index (χ1n) is 8.98. The minimum Gasteiger partial charge on any atom is -0.360 e. The van der Waals surface area contributed by atoms with Crippen molar-refractivity contribution in [1.29, 1.82) is 0 Å². The van der Waals surface area contributed by atoms with E-state index in [0.29, 0.717) is 43.9 Å². The number of hydrogen-bond donors (Lipinski definition) is 1. The Labute approximate surface area is 152 Å². The van der Waals surface area contributed by atoms with Crippen LogP contribution in [-0.4, -0.2) is 39.9 Å². The maximum absolute atomic E-state index is 12.5. The number of carbonyl (C=O) groups excluding carboxylic acids is 2. The van der Waals surface area contributed by atoms with Crippen molar-refractivity contribution in [1.82, 2.24) is 20.4 Å². The smallest absolute Gasteiger partial charge is 0.276 e. The van der Waals surface area contributed by atoms with E-state index in [1.807, 2.05) is 32.0 Å². The van der Waals surface area contributed by atoms with Crippen molar-refractivity contribution in [3.05, 3.63) is 47.6 Å². The third kappa shape index (κ3) is 4.28. The maximum atomic E-state index is 12.5. The largest absolute Gasteiger partial charge is 0.360 e. The number of piperidine rings is 1. The molecule has 0 aliphatic carbocycles. The van der Waals surface area contributed by atoms with Gasteiger partial charge in [-0.2, -0.15) is 0 Å². The zero-order valence-electron chi connectivity index (χ0n) is 15.1. The van der Waals surface area contributed by atoms with E-state index in [1.54, 1.807) is 17.2 Å². The summed E-state index contributed by atoms with van der Waals surface area (Å²) in [6.07, 6.45) is 3.00. The fourth-order valence-corrected chi connectivity index (χ4v) is 2.99. The Morgan fingerprint density at radius 1 is 1.31 bits per heavy atom. The number of nitrogens with one attached hydrogen (secondary N) is 1. The normalized spacial score (nSPS) is 15.3. The van der Waals surface area contributed by atoms with Crippen LogP contribution < -0.4 is 5.32 Å². The van der Waals surface area contributed by atoms with Gasteiger partial charge in [-0.15, -0.1) is 0 Å². The topological polar surface area (TPSA) is 88.3 Å². The van der Waals surface area contributed by atoms with Crippen LogP contribution in [0.2, 0.25) is 0 Å². The van der Waals surface area contributed by atoms with E-state index < -0.39 is 0 Å². The second-order valence-electron chi connectivity index (χ2n) is 6.87. The highest BCUT2D eigenvalue weighted by Gasteiger charge is 2.29. The lowest BCUT2D eigenvalue weighted by Crippen LogP contribution is -2.43. The van der Waals surface area contributed by atoms with Gasteiger partial charge in [0.25, 0.3) is 5.91 Å². The Morgan fingerprint density at radius 2 is 2.08 bits per heavy atom. The van der Waals surface area contributed by atoms with Crippen LogP contribution >= 0.6 is 0 Å². The summed E-state index contributed by atoms with van der Waals surface area (Å²) in [4.78, 5) is 30.8. The molecule has 0 atom stereocenters. The summed E-state index contributed by atoms with van der Waals surface area (Å²) >= 11 is 0. The molecule has 138 valence electrons. The van der Waals surface area contributed by atoms with E-state index in [0.717, 1.165) is 5.69 Å². The van der Waals surface area contributed by atoms with Gasteiger partial charge in [0, 0.05) is 37.2 Å². The summed E-state index contributed by atoms with van der Waals surface area (Å²) in [5.41, 5.74) is 1.17. The van der Waals surface area contributed by atoms with Gasteiger partial charge in [-0.1, -0.05) is 25.1 Å². The molecule has 2 amide bonds. The zero-order chi connectivity index (χ0) is 18.5. The van der Waals surface area contributed by atoms with Gasteiger partial charge < -0.3 is 14.7 Å². The van der Waals surface area contributed by atoms with Gasteiger partial charge in [0.05, 0.1) is 12.2 Å². The zero-order valence-corrected chi connectivity index (χ0v) is 15.1. The first-order chi connectivity index (χ1) is 12.5. The number of hydrogen-bond acceptors (Lipinski definition) is 5.